The highest BCUT2D eigenvalue weighted by Crippen LogP contribution is 2.33. The number of piperidine rings is 1. The number of anilines is 1. The largest absolute Gasteiger partial charge is 0.497 e. The molecule has 174 valence electrons. The van der Waals surface area contributed by atoms with Crippen LogP contribution in [0.1, 0.15) is 34.8 Å². The predicted octanol–water partition coefficient (Wildman–Crippen LogP) is 2.94. The van der Waals surface area contributed by atoms with E-state index in [2.05, 4.69) is 20.6 Å². The molecule has 1 saturated heterocycles. The highest BCUT2D eigenvalue weighted by molar-refractivity contribution is 5.98. The molecule has 3 heterocycles. The Hall–Kier alpha value is -3.98. The number of methoxy groups -OCH3 is 1. The number of fused-ring (bicyclic) bond motifs is 1. The lowest BCUT2D eigenvalue weighted by Gasteiger charge is -2.23. The zero-order valence-corrected chi connectivity index (χ0v) is 19.0. The van der Waals surface area contributed by atoms with Crippen LogP contribution in [0, 0.1) is 0 Å². The van der Waals surface area contributed by atoms with Gasteiger partial charge in [-0.25, -0.2) is 14.6 Å². The van der Waals surface area contributed by atoms with Crippen LogP contribution in [0.5, 0.6) is 5.75 Å². The van der Waals surface area contributed by atoms with Crippen molar-refractivity contribution < 1.29 is 9.53 Å². The van der Waals surface area contributed by atoms with Gasteiger partial charge in [-0.1, -0.05) is 24.3 Å². The van der Waals surface area contributed by atoms with Gasteiger partial charge in [-0.05, 0) is 49.2 Å². The summed E-state index contributed by atoms with van der Waals surface area (Å²) in [6.07, 6.45) is 3.63. The third-order valence-electron chi connectivity index (χ3n) is 6.17. The Balaban J connectivity index is 1.35. The number of aromatic nitrogens is 4. The minimum Gasteiger partial charge on any atom is -0.497 e. The highest BCUT2D eigenvalue weighted by Gasteiger charge is 2.23. The van der Waals surface area contributed by atoms with Crippen LogP contribution in [0.25, 0.3) is 22.3 Å². The fourth-order valence-corrected chi connectivity index (χ4v) is 4.30. The molecule has 1 amide bonds. The van der Waals surface area contributed by atoms with E-state index in [9.17, 15) is 4.79 Å². The molecule has 1 atom stereocenters. The van der Waals surface area contributed by atoms with Gasteiger partial charge in [0.2, 0.25) is 0 Å². The van der Waals surface area contributed by atoms with Crippen molar-refractivity contribution in [3.8, 4) is 17.0 Å². The summed E-state index contributed by atoms with van der Waals surface area (Å²) in [5.74, 6) is 1.00. The molecule has 5 rings (SSSR count). The predicted molar refractivity (Wildman–Crippen MR) is 130 cm³/mol. The first-order chi connectivity index (χ1) is 16.6. The molecular formula is C25H27N7O2. The summed E-state index contributed by atoms with van der Waals surface area (Å²) >= 11 is 0. The number of nitrogens with one attached hydrogen (secondary N) is 2. The summed E-state index contributed by atoms with van der Waals surface area (Å²) in [4.78, 5) is 21.1. The zero-order valence-electron chi connectivity index (χ0n) is 19.0. The number of carbonyl (C=O) groups excluding carboxylic acids is 1. The molecule has 4 aromatic rings. The van der Waals surface area contributed by atoms with Crippen LogP contribution in [-0.4, -0.2) is 45.9 Å². The monoisotopic (exact) mass is 457 g/mol. The molecule has 0 aliphatic carbocycles. The Labute approximate surface area is 197 Å². The molecule has 0 unspecified atom stereocenters. The van der Waals surface area contributed by atoms with Crippen LogP contribution in [0.3, 0.4) is 0 Å². The molecule has 0 saturated carbocycles. The van der Waals surface area contributed by atoms with Gasteiger partial charge in [0.25, 0.3) is 5.91 Å². The molecule has 1 fully saturated rings. The number of ether oxygens (including phenoxy) is 1. The van der Waals surface area contributed by atoms with Crippen LogP contribution in [0.15, 0.2) is 54.9 Å². The van der Waals surface area contributed by atoms with E-state index in [0.29, 0.717) is 23.7 Å². The molecule has 0 spiro atoms. The highest BCUT2D eigenvalue weighted by atomic mass is 16.5. The topological polar surface area (TPSA) is 120 Å². The number of nitrogens with zero attached hydrogens (tertiary/aromatic N) is 4. The number of amides is 1. The molecule has 9 heteroatoms. The number of nitrogens with two attached hydrogens (primary N) is 1. The van der Waals surface area contributed by atoms with Gasteiger partial charge in [0.05, 0.1) is 18.5 Å². The SMILES string of the molecule is COc1ccc(C(=O)NCc2ccc(-c3nn([C@@H]4CCCNC4)c4ncnc(N)c34)cc2)cc1. The maximum atomic E-state index is 12.4. The van der Waals surface area contributed by atoms with Crippen LogP contribution in [0.4, 0.5) is 5.82 Å². The van der Waals surface area contributed by atoms with Crippen LogP contribution < -0.4 is 21.1 Å². The van der Waals surface area contributed by atoms with Gasteiger partial charge >= 0.3 is 0 Å². The normalized spacial score (nSPS) is 15.9. The Morgan fingerprint density at radius 3 is 2.68 bits per heavy atom. The number of rotatable bonds is 6. The van der Waals surface area contributed by atoms with Crippen molar-refractivity contribution in [3.63, 3.8) is 0 Å². The van der Waals surface area contributed by atoms with Crippen LogP contribution >= 0.6 is 0 Å². The quantitative estimate of drug-likeness (QED) is 0.407. The van der Waals surface area contributed by atoms with Crippen molar-refractivity contribution in [2.75, 3.05) is 25.9 Å². The van der Waals surface area contributed by atoms with Gasteiger partial charge in [-0.15, -0.1) is 0 Å². The van der Waals surface area contributed by atoms with Gasteiger partial charge < -0.3 is 21.1 Å². The summed E-state index contributed by atoms with van der Waals surface area (Å²) in [7, 11) is 1.60. The Bertz CT molecular complexity index is 1290. The first-order valence-electron chi connectivity index (χ1n) is 11.3. The maximum absolute atomic E-state index is 12.4. The van der Waals surface area contributed by atoms with E-state index in [4.69, 9.17) is 15.6 Å². The third-order valence-corrected chi connectivity index (χ3v) is 6.17. The smallest absolute Gasteiger partial charge is 0.251 e. The van der Waals surface area contributed by atoms with E-state index < -0.39 is 0 Å². The van der Waals surface area contributed by atoms with E-state index in [1.807, 2.05) is 28.9 Å². The second-order valence-electron chi connectivity index (χ2n) is 8.36. The van der Waals surface area contributed by atoms with Gasteiger partial charge in [-0.3, -0.25) is 4.79 Å². The minimum atomic E-state index is -0.137. The summed E-state index contributed by atoms with van der Waals surface area (Å²) in [6, 6.07) is 15.2. The number of nitrogen functional groups attached to an aromatic ring is 1. The number of benzene rings is 2. The van der Waals surface area contributed by atoms with Crippen molar-refractivity contribution in [2.24, 2.45) is 0 Å². The van der Waals surface area contributed by atoms with Crippen molar-refractivity contribution >= 4 is 22.8 Å². The second-order valence-corrected chi connectivity index (χ2v) is 8.36. The third kappa shape index (κ3) is 4.29. The van der Waals surface area contributed by atoms with E-state index in [0.717, 1.165) is 53.8 Å². The second kappa shape index (κ2) is 9.48. The van der Waals surface area contributed by atoms with E-state index >= 15 is 0 Å². The van der Waals surface area contributed by atoms with Crippen LogP contribution in [-0.2, 0) is 6.54 Å². The number of hydrogen-bond acceptors (Lipinski definition) is 7. The molecule has 0 bridgehead atoms. The zero-order chi connectivity index (χ0) is 23.5. The van der Waals surface area contributed by atoms with Gasteiger partial charge in [0, 0.05) is 24.2 Å². The van der Waals surface area contributed by atoms with Gasteiger partial charge in [0.15, 0.2) is 5.65 Å². The minimum absolute atomic E-state index is 0.137. The summed E-state index contributed by atoms with van der Waals surface area (Å²) < 4.78 is 7.12. The average Bonchev–Trinajstić information content (AvgIpc) is 3.29. The van der Waals surface area contributed by atoms with E-state index in [1.165, 1.54) is 6.33 Å². The lowest BCUT2D eigenvalue weighted by molar-refractivity contribution is 0.0951. The van der Waals surface area contributed by atoms with Crippen molar-refractivity contribution in [2.45, 2.75) is 25.4 Å². The van der Waals surface area contributed by atoms with Crippen molar-refractivity contribution in [3.05, 3.63) is 66.0 Å². The maximum Gasteiger partial charge on any atom is 0.251 e. The summed E-state index contributed by atoms with van der Waals surface area (Å²) in [6.45, 7) is 2.29. The summed E-state index contributed by atoms with van der Waals surface area (Å²) in [5.41, 5.74) is 10.3. The lowest BCUT2D eigenvalue weighted by Crippen LogP contribution is -2.32. The van der Waals surface area contributed by atoms with E-state index in [1.54, 1.807) is 31.4 Å². The lowest BCUT2D eigenvalue weighted by atomic mass is 10.1. The molecule has 2 aromatic heterocycles. The van der Waals surface area contributed by atoms with Gasteiger partial charge in [0.1, 0.15) is 23.6 Å². The first kappa shape index (κ1) is 21.8. The van der Waals surface area contributed by atoms with Crippen LogP contribution in [0.2, 0.25) is 0 Å². The molecule has 1 aliphatic heterocycles. The first-order valence-corrected chi connectivity index (χ1v) is 11.3. The van der Waals surface area contributed by atoms with Crippen molar-refractivity contribution in [1.29, 1.82) is 0 Å². The molecular weight excluding hydrogens is 430 g/mol. The fourth-order valence-electron chi connectivity index (χ4n) is 4.30. The number of hydrogen-bond donors (Lipinski definition) is 3. The average molecular weight is 458 g/mol. The van der Waals surface area contributed by atoms with E-state index in [-0.39, 0.29) is 11.9 Å². The molecule has 4 N–H and O–H groups in total. The Kier molecular flexibility index (Phi) is 6.09. The van der Waals surface area contributed by atoms with Crippen molar-refractivity contribution in [1.82, 2.24) is 30.4 Å². The molecule has 9 nitrogen and oxygen atoms in total. The number of carbonyl (C=O) groups is 1. The van der Waals surface area contributed by atoms with Gasteiger partial charge in [-0.2, -0.15) is 5.10 Å². The molecule has 1 aliphatic rings. The summed E-state index contributed by atoms with van der Waals surface area (Å²) in [5, 5.41) is 12.1. The molecule has 2 aromatic carbocycles. The Morgan fingerprint density at radius 2 is 1.97 bits per heavy atom. The fraction of sp³-hybridized carbons (Fsp3) is 0.280. The molecule has 34 heavy (non-hydrogen) atoms. The Morgan fingerprint density at radius 1 is 1.18 bits per heavy atom. The standard InChI is InChI=1S/C25H27N7O2/c1-34-20-10-8-18(9-11-20)25(33)28-13-16-4-6-17(7-5-16)22-21-23(26)29-15-30-24(21)32(31-22)19-3-2-12-27-14-19/h4-11,15,19,27H,2-3,12-14H2,1H3,(H,28,33)(H2,26,29,30)/t19-/m1/s1. The molecule has 0 radical (unpaired) electrons.